The number of carboxylic acid groups (broad SMARTS) is 1. The van der Waals surface area contributed by atoms with Crippen LogP contribution in [0, 0.1) is 5.92 Å². The van der Waals surface area contributed by atoms with Crippen molar-refractivity contribution in [3.05, 3.63) is 109 Å². The first-order valence-corrected chi connectivity index (χ1v) is 20.4. The Kier molecular flexibility index (Phi) is 11.4. The van der Waals surface area contributed by atoms with Crippen LogP contribution in [0.4, 0.5) is 9.59 Å². The van der Waals surface area contributed by atoms with Gasteiger partial charge in [-0.3, -0.25) is 9.59 Å². The van der Waals surface area contributed by atoms with Crippen LogP contribution < -0.4 is 10.6 Å². The summed E-state index contributed by atoms with van der Waals surface area (Å²) in [6, 6.07) is 22.1. The molecule has 0 unspecified atom stereocenters. The zero-order valence-electron chi connectivity index (χ0n) is 33.8. The molecule has 15 nitrogen and oxygen atoms in total. The molecule has 3 aromatic carbocycles. The molecule has 6 aromatic rings. The Hall–Kier alpha value is -6.90. The van der Waals surface area contributed by atoms with Gasteiger partial charge in [-0.25, -0.2) is 19.6 Å². The third kappa shape index (κ3) is 8.20. The highest BCUT2D eigenvalue weighted by atomic mass is 16.5. The molecule has 0 aliphatic carbocycles. The van der Waals surface area contributed by atoms with Crippen LogP contribution in [0.2, 0.25) is 0 Å². The van der Waals surface area contributed by atoms with Gasteiger partial charge >= 0.3 is 12.2 Å². The molecule has 0 radical (unpaired) electrons. The van der Waals surface area contributed by atoms with Crippen LogP contribution in [0.5, 0.6) is 0 Å². The van der Waals surface area contributed by atoms with Crippen LogP contribution in [0.1, 0.15) is 68.8 Å². The average Bonchev–Trinajstić information content (AvgIpc) is 4.12. The van der Waals surface area contributed by atoms with Gasteiger partial charge < -0.3 is 45.2 Å². The number of hydrogen-bond donors (Lipinski definition) is 6. The largest absolute Gasteiger partial charge is 0.465 e. The number of nitrogens with zero attached hydrogens (tertiary/aromatic N) is 4. The predicted octanol–water partition coefficient (Wildman–Crippen LogP) is 7.20. The van der Waals surface area contributed by atoms with Crippen molar-refractivity contribution in [2.45, 2.75) is 70.1 Å². The second-order valence-corrected chi connectivity index (χ2v) is 15.8. The van der Waals surface area contributed by atoms with Crippen LogP contribution in [-0.2, 0) is 20.7 Å². The first-order chi connectivity index (χ1) is 29.1. The number of ether oxygens (including phenoxy) is 1. The minimum absolute atomic E-state index is 0.186. The van der Waals surface area contributed by atoms with Gasteiger partial charge in [0.15, 0.2) is 0 Å². The first-order valence-electron chi connectivity index (χ1n) is 20.4. The Balaban J connectivity index is 0.925. The van der Waals surface area contributed by atoms with E-state index in [9.17, 15) is 24.3 Å². The van der Waals surface area contributed by atoms with E-state index in [1.165, 1.54) is 7.11 Å². The Morgan fingerprint density at radius 3 is 1.83 bits per heavy atom. The summed E-state index contributed by atoms with van der Waals surface area (Å²) in [6.45, 7) is 4.76. The second-order valence-electron chi connectivity index (χ2n) is 15.8. The number of fused-ring (bicyclic) bond motifs is 1. The van der Waals surface area contributed by atoms with Gasteiger partial charge in [-0.05, 0) is 65.5 Å². The molecule has 0 saturated carbocycles. The maximum atomic E-state index is 14.1. The van der Waals surface area contributed by atoms with Crippen LogP contribution in [-0.4, -0.2) is 96.1 Å². The molecule has 310 valence electrons. The highest BCUT2D eigenvalue weighted by Gasteiger charge is 2.38. The summed E-state index contributed by atoms with van der Waals surface area (Å²) in [5.74, 6) is 0.770. The van der Waals surface area contributed by atoms with Gasteiger partial charge in [-0.15, -0.1) is 0 Å². The topological polar surface area (TPSA) is 201 Å². The SMILES string of the molecule is COC(=O)N[C@@H](Cc1c[nH]c2ccccc12)C(=O)N1CCC[C@H]1c1ncc(-c2ccc(-c3ccc(-c4cnc([C@@H]5CCCN5C(=O)[C@@H](NC(=O)O)C(C)C)[nH]4)cc3)cc2)[nH]1. The van der Waals surface area contributed by atoms with Crippen molar-refractivity contribution in [3.63, 3.8) is 0 Å². The van der Waals surface area contributed by atoms with Crippen LogP contribution in [0.15, 0.2) is 91.4 Å². The number of aromatic nitrogens is 5. The predicted molar refractivity (Wildman–Crippen MR) is 226 cm³/mol. The van der Waals surface area contributed by atoms with Crippen molar-refractivity contribution >= 4 is 34.9 Å². The highest BCUT2D eigenvalue weighted by molar-refractivity contribution is 5.89. The van der Waals surface area contributed by atoms with E-state index in [-0.39, 0.29) is 29.8 Å². The lowest BCUT2D eigenvalue weighted by molar-refractivity contribution is -0.135. The number of aromatic amines is 3. The maximum Gasteiger partial charge on any atom is 0.407 e. The van der Waals surface area contributed by atoms with Gasteiger partial charge in [0.2, 0.25) is 11.8 Å². The fourth-order valence-electron chi connectivity index (χ4n) is 8.57. The van der Waals surface area contributed by atoms with Crippen molar-refractivity contribution in [1.29, 1.82) is 0 Å². The first kappa shape index (κ1) is 39.9. The van der Waals surface area contributed by atoms with E-state index in [4.69, 9.17) is 9.72 Å². The van der Waals surface area contributed by atoms with Gasteiger partial charge in [-0.2, -0.15) is 0 Å². The quantitative estimate of drug-likeness (QED) is 0.0745. The smallest absolute Gasteiger partial charge is 0.407 e. The minimum atomic E-state index is -1.22. The van der Waals surface area contributed by atoms with E-state index >= 15 is 0 Å². The standard InChI is InChI=1S/C45H49N9O6/c1-26(2)39(52-44(57)58)43(56)54-21-7-11-38(54)41-48-25-36(50-41)30-18-14-28(15-19-30)27-12-16-29(17-13-27)35-24-47-40(49-35)37-10-6-20-53(37)42(55)34(51-45(59)60-3)22-31-23-46-33-9-5-4-8-32(31)33/h4-5,8-9,12-19,23-26,34,37-39,46,52H,6-7,10-11,20-22H2,1-3H3,(H,47,49)(H,48,50)(H,51,59)(H,57,58)/t34-,37-,38-,39-/m0/s1. The van der Waals surface area contributed by atoms with Gasteiger partial charge in [0.1, 0.15) is 23.7 Å². The van der Waals surface area contributed by atoms with Crippen molar-refractivity contribution in [2.75, 3.05) is 20.2 Å². The molecule has 3 aromatic heterocycles. The summed E-state index contributed by atoms with van der Waals surface area (Å²) in [7, 11) is 1.29. The van der Waals surface area contributed by atoms with E-state index in [1.807, 2.05) is 73.5 Å². The lowest BCUT2D eigenvalue weighted by Crippen LogP contribution is -2.50. The summed E-state index contributed by atoms with van der Waals surface area (Å²) in [5.41, 5.74) is 7.55. The Morgan fingerprint density at radius 1 is 0.767 bits per heavy atom. The third-order valence-corrected chi connectivity index (χ3v) is 11.7. The summed E-state index contributed by atoms with van der Waals surface area (Å²) in [6.07, 6.45) is 7.00. The number of carbonyl (C=O) groups is 4. The van der Waals surface area contributed by atoms with Gasteiger partial charge in [-0.1, -0.05) is 80.6 Å². The molecule has 4 atom stereocenters. The maximum absolute atomic E-state index is 14.1. The minimum Gasteiger partial charge on any atom is -0.465 e. The Bertz CT molecular complexity index is 2490. The molecule has 0 bridgehead atoms. The molecule has 0 spiro atoms. The Morgan fingerprint density at radius 2 is 1.30 bits per heavy atom. The summed E-state index contributed by atoms with van der Waals surface area (Å²) in [4.78, 5) is 74.3. The molecule has 2 aliphatic heterocycles. The third-order valence-electron chi connectivity index (χ3n) is 11.7. The Labute approximate surface area is 347 Å². The molecule has 5 heterocycles. The number of likely N-dealkylation sites (tertiary alicyclic amines) is 2. The highest BCUT2D eigenvalue weighted by Crippen LogP contribution is 2.35. The molecule has 2 aliphatic rings. The number of para-hydroxylation sites is 1. The number of rotatable bonds is 12. The zero-order chi connectivity index (χ0) is 41.9. The van der Waals surface area contributed by atoms with E-state index in [2.05, 4.69) is 54.8 Å². The van der Waals surface area contributed by atoms with Crippen molar-refractivity contribution < 1.29 is 29.0 Å². The van der Waals surface area contributed by atoms with E-state index in [0.717, 1.165) is 75.8 Å². The number of alkyl carbamates (subject to hydrolysis) is 1. The van der Waals surface area contributed by atoms with Gasteiger partial charge in [0, 0.05) is 36.6 Å². The molecule has 6 N–H and O–H groups in total. The summed E-state index contributed by atoms with van der Waals surface area (Å²) < 4.78 is 4.89. The zero-order valence-corrected chi connectivity index (χ0v) is 33.8. The van der Waals surface area contributed by atoms with Crippen molar-refractivity contribution in [1.82, 2.24) is 45.4 Å². The molecular weight excluding hydrogens is 763 g/mol. The van der Waals surface area contributed by atoms with E-state index in [0.29, 0.717) is 31.2 Å². The lowest BCUT2D eigenvalue weighted by Gasteiger charge is -2.29. The lowest BCUT2D eigenvalue weighted by atomic mass is 10.0. The number of methoxy groups -OCH3 is 1. The van der Waals surface area contributed by atoms with Crippen LogP contribution in [0.25, 0.3) is 44.5 Å². The second kappa shape index (κ2) is 17.1. The average molecular weight is 812 g/mol. The van der Waals surface area contributed by atoms with Crippen LogP contribution >= 0.6 is 0 Å². The summed E-state index contributed by atoms with van der Waals surface area (Å²) in [5, 5.41) is 15.5. The summed E-state index contributed by atoms with van der Waals surface area (Å²) >= 11 is 0. The molecular formula is C45H49N9O6. The normalized spacial score (nSPS) is 17.5. The molecule has 8 rings (SSSR count). The number of hydrogen-bond acceptors (Lipinski definition) is 7. The van der Waals surface area contributed by atoms with E-state index in [1.54, 1.807) is 17.3 Å². The fourth-order valence-corrected chi connectivity index (χ4v) is 8.57. The number of amides is 4. The van der Waals surface area contributed by atoms with Gasteiger partial charge in [0.25, 0.3) is 0 Å². The number of benzene rings is 3. The van der Waals surface area contributed by atoms with Crippen LogP contribution in [0.3, 0.4) is 0 Å². The molecule has 4 amide bonds. The number of H-pyrrole nitrogens is 3. The van der Waals surface area contributed by atoms with Crippen molar-refractivity contribution in [3.8, 4) is 33.6 Å². The fraction of sp³-hybridized carbons (Fsp3) is 0.333. The molecule has 15 heteroatoms. The van der Waals surface area contributed by atoms with Crippen molar-refractivity contribution in [2.24, 2.45) is 5.92 Å². The monoisotopic (exact) mass is 811 g/mol. The molecule has 60 heavy (non-hydrogen) atoms. The van der Waals surface area contributed by atoms with E-state index < -0.39 is 24.3 Å². The molecule has 2 saturated heterocycles. The number of carbonyl (C=O) groups excluding carboxylic acids is 3. The number of nitrogens with one attached hydrogen (secondary N) is 5. The van der Waals surface area contributed by atoms with Gasteiger partial charge in [0.05, 0.1) is 43.0 Å². The molecule has 2 fully saturated rings. The number of imidazole rings is 2.